The van der Waals surface area contributed by atoms with Crippen molar-refractivity contribution in [3.05, 3.63) is 23.5 Å². The smallest absolute Gasteiger partial charge is 0.246 e. The van der Waals surface area contributed by atoms with Crippen LogP contribution in [0, 0.1) is 5.41 Å². The molecular weight excluding hydrogens is 212 g/mol. The Bertz CT molecular complexity index is 372. The van der Waals surface area contributed by atoms with Gasteiger partial charge in [0.25, 0.3) is 0 Å². The predicted octanol–water partition coefficient (Wildman–Crippen LogP) is 2.77. The SMILES string of the molecule is CC=C1C(=CC)N(CC(C)(C)C)C2(CO2)N1C. The van der Waals surface area contributed by atoms with Crippen LogP contribution < -0.4 is 0 Å². The van der Waals surface area contributed by atoms with Gasteiger partial charge in [-0.2, -0.15) is 0 Å². The summed E-state index contributed by atoms with van der Waals surface area (Å²) < 4.78 is 5.76. The summed E-state index contributed by atoms with van der Waals surface area (Å²) in [5.41, 5.74) is 2.83. The number of hydrogen-bond donors (Lipinski definition) is 0. The molecule has 2 aliphatic rings. The minimum atomic E-state index is -0.197. The van der Waals surface area contributed by atoms with E-state index in [1.165, 1.54) is 11.4 Å². The molecule has 2 heterocycles. The lowest BCUT2D eigenvalue weighted by atomic mass is 9.95. The second kappa shape index (κ2) is 3.77. The highest BCUT2D eigenvalue weighted by atomic mass is 16.6. The Morgan fingerprint density at radius 3 is 2.12 bits per heavy atom. The van der Waals surface area contributed by atoms with E-state index >= 15 is 0 Å². The molecule has 0 aromatic heterocycles. The van der Waals surface area contributed by atoms with Crippen LogP contribution in [0.25, 0.3) is 0 Å². The molecule has 1 spiro atoms. The summed E-state index contributed by atoms with van der Waals surface area (Å²) in [6.07, 6.45) is 4.36. The molecule has 0 aliphatic carbocycles. The molecule has 0 aromatic carbocycles. The lowest BCUT2D eigenvalue weighted by Gasteiger charge is -2.32. The zero-order valence-corrected chi connectivity index (χ0v) is 11.9. The standard InChI is InChI=1S/C14H24N2O/c1-7-11-12(8-2)16(9-13(3,4)5)14(10-17-14)15(11)6/h7-8H,9-10H2,1-6H3. The zero-order chi connectivity index (χ0) is 12.8. The van der Waals surface area contributed by atoms with Gasteiger partial charge in [0.15, 0.2) is 0 Å². The molecule has 0 radical (unpaired) electrons. The number of epoxide rings is 1. The molecule has 2 rings (SSSR count). The van der Waals surface area contributed by atoms with Crippen molar-refractivity contribution in [1.29, 1.82) is 0 Å². The molecule has 1 unspecified atom stereocenters. The van der Waals surface area contributed by atoms with Crippen molar-refractivity contribution >= 4 is 0 Å². The Kier molecular flexibility index (Phi) is 2.77. The minimum Gasteiger partial charge on any atom is -0.329 e. The molecule has 0 aromatic rings. The molecule has 0 saturated carbocycles. The summed E-state index contributed by atoms with van der Waals surface area (Å²) >= 11 is 0. The molecule has 2 fully saturated rings. The van der Waals surface area contributed by atoms with Crippen LogP contribution in [0.3, 0.4) is 0 Å². The van der Waals surface area contributed by atoms with Gasteiger partial charge in [0.05, 0.1) is 11.4 Å². The van der Waals surface area contributed by atoms with Crippen molar-refractivity contribution in [2.24, 2.45) is 5.41 Å². The molecule has 2 aliphatic heterocycles. The maximum absolute atomic E-state index is 5.76. The van der Waals surface area contributed by atoms with Crippen LogP contribution in [0.1, 0.15) is 34.6 Å². The second-order valence-corrected chi connectivity index (χ2v) is 6.09. The fourth-order valence-electron chi connectivity index (χ4n) is 2.61. The average molecular weight is 236 g/mol. The minimum absolute atomic E-state index is 0.197. The average Bonchev–Trinajstić information content (AvgIpc) is 2.98. The van der Waals surface area contributed by atoms with E-state index in [1.807, 2.05) is 0 Å². The molecule has 0 N–H and O–H groups in total. The van der Waals surface area contributed by atoms with E-state index in [2.05, 4.69) is 63.6 Å². The van der Waals surface area contributed by atoms with Gasteiger partial charge in [-0.1, -0.05) is 32.9 Å². The van der Waals surface area contributed by atoms with Crippen molar-refractivity contribution in [2.45, 2.75) is 40.5 Å². The number of allylic oxidation sites excluding steroid dienone is 2. The highest BCUT2D eigenvalue weighted by Crippen LogP contribution is 2.49. The van der Waals surface area contributed by atoms with Crippen molar-refractivity contribution in [2.75, 3.05) is 20.2 Å². The summed E-state index contributed by atoms with van der Waals surface area (Å²) in [6, 6.07) is 0. The fourth-order valence-corrected chi connectivity index (χ4v) is 2.61. The molecule has 1 atom stereocenters. The largest absolute Gasteiger partial charge is 0.329 e. The van der Waals surface area contributed by atoms with Crippen LogP contribution in [0.5, 0.6) is 0 Å². The fraction of sp³-hybridized carbons (Fsp3) is 0.714. The maximum atomic E-state index is 5.76. The third-order valence-corrected chi connectivity index (χ3v) is 3.44. The van der Waals surface area contributed by atoms with E-state index in [1.54, 1.807) is 0 Å². The lowest BCUT2D eigenvalue weighted by Crippen LogP contribution is -2.43. The molecule has 96 valence electrons. The summed E-state index contributed by atoms with van der Waals surface area (Å²) in [4.78, 5) is 4.66. The maximum Gasteiger partial charge on any atom is 0.246 e. The van der Waals surface area contributed by atoms with Crippen LogP contribution in [0.4, 0.5) is 0 Å². The Morgan fingerprint density at radius 2 is 1.76 bits per heavy atom. The van der Waals surface area contributed by atoms with Gasteiger partial charge in [-0.05, 0) is 19.3 Å². The van der Waals surface area contributed by atoms with Crippen LogP contribution >= 0.6 is 0 Å². The Balaban J connectivity index is 2.36. The monoisotopic (exact) mass is 236 g/mol. The van der Waals surface area contributed by atoms with Gasteiger partial charge < -0.3 is 14.5 Å². The van der Waals surface area contributed by atoms with Crippen molar-refractivity contribution in [3.63, 3.8) is 0 Å². The zero-order valence-electron chi connectivity index (χ0n) is 11.9. The Labute approximate surface area is 105 Å². The van der Waals surface area contributed by atoms with Gasteiger partial charge in [0.2, 0.25) is 5.85 Å². The third-order valence-electron chi connectivity index (χ3n) is 3.44. The van der Waals surface area contributed by atoms with Crippen LogP contribution in [-0.4, -0.2) is 35.8 Å². The van der Waals surface area contributed by atoms with E-state index in [-0.39, 0.29) is 11.3 Å². The number of nitrogens with zero attached hydrogens (tertiary/aromatic N) is 2. The van der Waals surface area contributed by atoms with Gasteiger partial charge in [-0.3, -0.25) is 0 Å². The number of ether oxygens (including phenoxy) is 1. The predicted molar refractivity (Wildman–Crippen MR) is 70.1 cm³/mol. The highest BCUT2D eigenvalue weighted by molar-refractivity contribution is 5.37. The molecule has 0 amide bonds. The van der Waals surface area contributed by atoms with E-state index in [0.717, 1.165) is 13.2 Å². The van der Waals surface area contributed by atoms with Crippen molar-refractivity contribution in [3.8, 4) is 0 Å². The van der Waals surface area contributed by atoms with E-state index < -0.39 is 0 Å². The first kappa shape index (κ1) is 12.5. The Morgan fingerprint density at radius 1 is 1.24 bits per heavy atom. The third kappa shape index (κ3) is 1.86. The Hall–Kier alpha value is -0.960. The van der Waals surface area contributed by atoms with Crippen LogP contribution in [0.15, 0.2) is 23.5 Å². The summed E-state index contributed by atoms with van der Waals surface area (Å²) in [5, 5.41) is 0. The topological polar surface area (TPSA) is 19.0 Å². The molecule has 2 saturated heterocycles. The first-order valence-corrected chi connectivity index (χ1v) is 6.34. The number of hydrogen-bond acceptors (Lipinski definition) is 3. The van der Waals surface area contributed by atoms with Gasteiger partial charge >= 0.3 is 0 Å². The van der Waals surface area contributed by atoms with Crippen LogP contribution in [0.2, 0.25) is 0 Å². The molecule has 0 bridgehead atoms. The van der Waals surface area contributed by atoms with Gasteiger partial charge in [-0.15, -0.1) is 0 Å². The van der Waals surface area contributed by atoms with E-state index in [9.17, 15) is 0 Å². The highest BCUT2D eigenvalue weighted by Gasteiger charge is 2.61. The molecular formula is C14H24N2O. The van der Waals surface area contributed by atoms with E-state index in [4.69, 9.17) is 4.74 Å². The van der Waals surface area contributed by atoms with Gasteiger partial charge in [0.1, 0.15) is 6.61 Å². The molecule has 3 nitrogen and oxygen atoms in total. The van der Waals surface area contributed by atoms with Gasteiger partial charge in [0, 0.05) is 13.6 Å². The van der Waals surface area contributed by atoms with Gasteiger partial charge in [-0.25, -0.2) is 0 Å². The van der Waals surface area contributed by atoms with Crippen molar-refractivity contribution in [1.82, 2.24) is 9.80 Å². The lowest BCUT2D eigenvalue weighted by molar-refractivity contribution is 0.0233. The van der Waals surface area contributed by atoms with Crippen LogP contribution in [-0.2, 0) is 4.74 Å². The number of rotatable bonds is 1. The quantitative estimate of drug-likeness (QED) is 0.652. The summed E-state index contributed by atoms with van der Waals surface area (Å²) in [6.45, 7) is 12.8. The summed E-state index contributed by atoms with van der Waals surface area (Å²) in [5.74, 6) is -0.197. The first-order chi connectivity index (χ1) is 7.85. The normalized spacial score (nSPS) is 33.3. The second-order valence-electron chi connectivity index (χ2n) is 6.09. The number of likely N-dealkylation sites (N-methyl/N-ethyl adjacent to an activating group) is 1. The first-order valence-electron chi connectivity index (χ1n) is 6.34. The molecule has 17 heavy (non-hydrogen) atoms. The molecule has 3 heteroatoms. The van der Waals surface area contributed by atoms with Crippen molar-refractivity contribution < 1.29 is 4.74 Å². The van der Waals surface area contributed by atoms with E-state index in [0.29, 0.717) is 0 Å². The summed E-state index contributed by atoms with van der Waals surface area (Å²) in [7, 11) is 2.12.